The maximum Gasteiger partial charge on any atom is 0.251 e. The van der Waals surface area contributed by atoms with Gasteiger partial charge in [0.2, 0.25) is 11.8 Å². The lowest BCUT2D eigenvalue weighted by Crippen LogP contribution is -2.28. The zero-order valence-corrected chi connectivity index (χ0v) is 15.7. The summed E-state index contributed by atoms with van der Waals surface area (Å²) < 4.78 is 1.76. The van der Waals surface area contributed by atoms with Crippen molar-refractivity contribution in [3.63, 3.8) is 0 Å². The van der Waals surface area contributed by atoms with Gasteiger partial charge < -0.3 is 5.32 Å². The molecule has 146 valence electrons. The third-order valence-electron chi connectivity index (χ3n) is 4.82. The number of nitrogens with one attached hydrogen (secondary N) is 1. The van der Waals surface area contributed by atoms with E-state index in [1.54, 1.807) is 35.1 Å². The van der Waals surface area contributed by atoms with Crippen molar-refractivity contribution < 1.29 is 14.4 Å². The molecule has 1 aliphatic rings. The van der Waals surface area contributed by atoms with Crippen molar-refractivity contribution in [1.29, 1.82) is 0 Å². The molecule has 1 aromatic heterocycles. The molecule has 0 spiro atoms. The Balaban J connectivity index is 1.34. The Labute approximate surface area is 167 Å². The van der Waals surface area contributed by atoms with Gasteiger partial charge in [0.05, 0.1) is 18.4 Å². The zero-order valence-electron chi connectivity index (χ0n) is 15.7. The molecule has 0 radical (unpaired) electrons. The van der Waals surface area contributed by atoms with Crippen LogP contribution in [-0.2, 0) is 22.7 Å². The van der Waals surface area contributed by atoms with Crippen LogP contribution in [0, 0.1) is 0 Å². The molecule has 4 rings (SSSR count). The van der Waals surface area contributed by atoms with Gasteiger partial charge in [0.15, 0.2) is 0 Å². The number of carbonyl (C=O) groups is 3. The van der Waals surface area contributed by atoms with Crippen LogP contribution in [0.25, 0.3) is 5.69 Å². The molecule has 7 heteroatoms. The molecule has 0 unspecified atom stereocenters. The van der Waals surface area contributed by atoms with Gasteiger partial charge in [-0.3, -0.25) is 19.3 Å². The van der Waals surface area contributed by atoms with Gasteiger partial charge in [-0.15, -0.1) is 0 Å². The van der Waals surface area contributed by atoms with Gasteiger partial charge in [-0.2, -0.15) is 5.10 Å². The highest BCUT2D eigenvalue weighted by atomic mass is 16.2. The number of hydrogen-bond acceptors (Lipinski definition) is 4. The largest absolute Gasteiger partial charge is 0.348 e. The Morgan fingerprint density at radius 1 is 0.931 bits per heavy atom. The van der Waals surface area contributed by atoms with Crippen molar-refractivity contribution in [3.8, 4) is 5.69 Å². The summed E-state index contributed by atoms with van der Waals surface area (Å²) in [6.45, 7) is 0.614. The summed E-state index contributed by atoms with van der Waals surface area (Å²) in [5, 5.41) is 7.19. The first-order valence-electron chi connectivity index (χ1n) is 9.39. The normalized spacial score (nSPS) is 13.7. The van der Waals surface area contributed by atoms with Crippen molar-refractivity contribution in [3.05, 3.63) is 83.7 Å². The molecule has 3 aromatic rings. The van der Waals surface area contributed by atoms with Gasteiger partial charge >= 0.3 is 0 Å². The minimum absolute atomic E-state index is 0.145. The highest BCUT2D eigenvalue weighted by Crippen LogP contribution is 2.16. The van der Waals surface area contributed by atoms with Crippen molar-refractivity contribution in [2.24, 2.45) is 0 Å². The maximum atomic E-state index is 12.4. The summed E-state index contributed by atoms with van der Waals surface area (Å²) in [4.78, 5) is 37.1. The fourth-order valence-corrected chi connectivity index (χ4v) is 3.20. The Hall–Kier alpha value is -3.74. The lowest BCUT2D eigenvalue weighted by molar-refractivity contribution is -0.139. The SMILES string of the molecule is O=C(NCc1cnn(-c2ccccc2)c1)c1ccc(CN2C(=O)CCC2=O)cc1. The van der Waals surface area contributed by atoms with E-state index < -0.39 is 0 Å². The van der Waals surface area contributed by atoms with E-state index in [1.807, 2.05) is 36.5 Å². The Morgan fingerprint density at radius 3 is 2.31 bits per heavy atom. The first-order valence-corrected chi connectivity index (χ1v) is 9.39. The average Bonchev–Trinajstić information content (AvgIpc) is 3.35. The van der Waals surface area contributed by atoms with Crippen molar-refractivity contribution in [1.82, 2.24) is 20.0 Å². The lowest BCUT2D eigenvalue weighted by Gasteiger charge is -2.13. The molecule has 1 saturated heterocycles. The molecule has 1 N–H and O–H groups in total. The van der Waals surface area contributed by atoms with Gasteiger partial charge in [-0.1, -0.05) is 30.3 Å². The van der Waals surface area contributed by atoms with Gasteiger partial charge in [0.1, 0.15) is 0 Å². The van der Waals surface area contributed by atoms with Crippen molar-refractivity contribution >= 4 is 17.7 Å². The van der Waals surface area contributed by atoms with Gasteiger partial charge in [0.25, 0.3) is 5.91 Å². The van der Waals surface area contributed by atoms with Crippen LogP contribution >= 0.6 is 0 Å². The number of para-hydroxylation sites is 1. The highest BCUT2D eigenvalue weighted by Gasteiger charge is 2.28. The first-order chi connectivity index (χ1) is 14.1. The topological polar surface area (TPSA) is 84.3 Å². The molecule has 0 saturated carbocycles. The number of nitrogens with zero attached hydrogens (tertiary/aromatic N) is 3. The second-order valence-corrected chi connectivity index (χ2v) is 6.88. The van der Waals surface area contributed by atoms with E-state index in [-0.39, 0.29) is 37.1 Å². The summed E-state index contributed by atoms with van der Waals surface area (Å²) in [5.41, 5.74) is 3.18. The van der Waals surface area contributed by atoms with E-state index in [9.17, 15) is 14.4 Å². The molecule has 1 fully saturated rings. The second-order valence-electron chi connectivity index (χ2n) is 6.88. The molecule has 7 nitrogen and oxygen atoms in total. The van der Waals surface area contributed by atoms with Crippen molar-refractivity contribution in [2.75, 3.05) is 0 Å². The summed E-state index contributed by atoms with van der Waals surface area (Å²) in [6.07, 6.45) is 4.16. The number of aromatic nitrogens is 2. The van der Waals surface area contributed by atoms with Gasteiger partial charge in [-0.05, 0) is 29.8 Å². The number of hydrogen-bond donors (Lipinski definition) is 1. The molecule has 0 bridgehead atoms. The minimum atomic E-state index is -0.197. The quantitative estimate of drug-likeness (QED) is 0.658. The van der Waals surface area contributed by atoms with Gasteiger partial charge in [0, 0.05) is 36.7 Å². The van der Waals surface area contributed by atoms with Crippen LogP contribution in [0.15, 0.2) is 67.0 Å². The Kier molecular flexibility index (Phi) is 5.20. The fourth-order valence-electron chi connectivity index (χ4n) is 3.20. The summed E-state index contributed by atoms with van der Waals surface area (Å²) in [7, 11) is 0. The van der Waals surface area contributed by atoms with E-state index >= 15 is 0 Å². The molecule has 1 aliphatic heterocycles. The number of amides is 3. The summed E-state index contributed by atoms with van der Waals surface area (Å²) in [5.74, 6) is -0.488. The molecule has 2 aromatic carbocycles. The molecule has 3 amide bonds. The number of benzene rings is 2. The maximum absolute atomic E-state index is 12.4. The smallest absolute Gasteiger partial charge is 0.251 e. The monoisotopic (exact) mass is 388 g/mol. The average molecular weight is 388 g/mol. The second kappa shape index (κ2) is 8.10. The number of carbonyl (C=O) groups excluding carboxylic acids is 3. The predicted molar refractivity (Wildman–Crippen MR) is 106 cm³/mol. The van der Waals surface area contributed by atoms with Crippen molar-refractivity contribution in [2.45, 2.75) is 25.9 Å². The van der Waals surface area contributed by atoms with E-state index in [1.165, 1.54) is 4.90 Å². The lowest BCUT2D eigenvalue weighted by atomic mass is 10.1. The van der Waals surface area contributed by atoms with Gasteiger partial charge in [-0.25, -0.2) is 4.68 Å². The molecule has 0 aliphatic carbocycles. The molecule has 29 heavy (non-hydrogen) atoms. The first kappa shape index (κ1) is 18.6. The van der Waals surface area contributed by atoms with E-state index in [0.29, 0.717) is 12.1 Å². The standard InChI is InChI=1S/C22H20N4O3/c27-20-10-11-21(28)25(20)14-16-6-8-18(9-7-16)22(29)23-12-17-13-24-26(15-17)19-4-2-1-3-5-19/h1-9,13,15H,10-12,14H2,(H,23,29). The summed E-state index contributed by atoms with van der Waals surface area (Å²) in [6, 6.07) is 16.7. The van der Waals surface area contributed by atoms with Crippen LogP contribution in [0.4, 0.5) is 0 Å². The predicted octanol–water partition coefficient (Wildman–Crippen LogP) is 2.45. The van der Waals surface area contributed by atoms with Crippen LogP contribution in [0.1, 0.15) is 34.3 Å². The van der Waals surface area contributed by atoms with E-state index in [4.69, 9.17) is 0 Å². The molecule has 2 heterocycles. The third-order valence-corrected chi connectivity index (χ3v) is 4.82. The zero-order chi connectivity index (χ0) is 20.2. The van der Waals surface area contributed by atoms with Crippen LogP contribution < -0.4 is 5.32 Å². The third kappa shape index (κ3) is 4.24. The van der Waals surface area contributed by atoms with Crippen LogP contribution in [0.3, 0.4) is 0 Å². The van der Waals surface area contributed by atoms with Crippen LogP contribution in [0.5, 0.6) is 0 Å². The number of likely N-dealkylation sites (tertiary alicyclic amines) is 1. The fraction of sp³-hybridized carbons (Fsp3) is 0.182. The number of rotatable bonds is 6. The molecular formula is C22H20N4O3. The molecular weight excluding hydrogens is 368 g/mol. The Bertz CT molecular complexity index is 1030. The Morgan fingerprint density at radius 2 is 1.62 bits per heavy atom. The van der Waals surface area contributed by atoms with E-state index in [0.717, 1.165) is 16.8 Å². The van der Waals surface area contributed by atoms with Crippen LogP contribution in [-0.4, -0.2) is 32.4 Å². The highest BCUT2D eigenvalue weighted by molar-refractivity contribution is 6.01. The molecule has 0 atom stereocenters. The minimum Gasteiger partial charge on any atom is -0.348 e. The van der Waals surface area contributed by atoms with E-state index in [2.05, 4.69) is 10.4 Å². The van der Waals surface area contributed by atoms with Crippen LogP contribution in [0.2, 0.25) is 0 Å². The summed E-state index contributed by atoms with van der Waals surface area (Å²) >= 11 is 0. The number of imide groups is 1.